The summed E-state index contributed by atoms with van der Waals surface area (Å²) >= 11 is 0. The lowest BCUT2D eigenvalue weighted by molar-refractivity contribution is 0.0686. The van der Waals surface area contributed by atoms with Crippen LogP contribution >= 0.6 is 0 Å². The van der Waals surface area contributed by atoms with Crippen molar-refractivity contribution in [2.45, 2.75) is 4.90 Å². The van der Waals surface area contributed by atoms with Gasteiger partial charge in [-0.05, 0) is 12.1 Å². The quantitative estimate of drug-likeness (QED) is 0.858. The van der Waals surface area contributed by atoms with Crippen LogP contribution in [-0.2, 0) is 10.0 Å². The van der Waals surface area contributed by atoms with E-state index in [1.54, 1.807) is 0 Å². The highest BCUT2D eigenvalue weighted by Crippen LogP contribution is 2.23. The standard InChI is InChI=1S/C13H10F2N2O5S/c1-22-8-4-9(6-16-5-8)23(20,21)17-7-2-10(14)12(13(18)19)11(15)3-7/h2-6,17H,1H3,(H,18,19). The molecule has 122 valence electrons. The smallest absolute Gasteiger partial charge is 0.341 e. The van der Waals surface area contributed by atoms with Crippen LogP contribution in [0.1, 0.15) is 10.4 Å². The number of pyridine rings is 1. The number of nitrogens with one attached hydrogen (secondary N) is 1. The van der Waals surface area contributed by atoms with E-state index in [0.717, 1.165) is 12.3 Å². The van der Waals surface area contributed by atoms with Crippen molar-refractivity contribution in [2.75, 3.05) is 11.8 Å². The minimum Gasteiger partial charge on any atom is -0.495 e. The summed E-state index contributed by atoms with van der Waals surface area (Å²) in [4.78, 5) is 14.1. The fraction of sp³-hybridized carbons (Fsp3) is 0.0769. The van der Waals surface area contributed by atoms with Gasteiger partial charge in [-0.1, -0.05) is 0 Å². The molecule has 0 aliphatic carbocycles. The van der Waals surface area contributed by atoms with Crippen molar-refractivity contribution in [2.24, 2.45) is 0 Å². The predicted octanol–water partition coefficient (Wildman–Crippen LogP) is 1.87. The molecule has 0 saturated carbocycles. The van der Waals surface area contributed by atoms with Crippen molar-refractivity contribution in [3.05, 3.63) is 47.8 Å². The molecule has 0 atom stereocenters. The second-order valence-corrected chi connectivity index (χ2v) is 5.97. The SMILES string of the molecule is COc1cncc(S(=O)(=O)Nc2cc(F)c(C(=O)O)c(F)c2)c1. The molecular formula is C13H10F2N2O5S. The number of anilines is 1. The number of aromatic nitrogens is 1. The van der Waals surface area contributed by atoms with Crippen LogP contribution in [0.5, 0.6) is 5.75 Å². The number of rotatable bonds is 5. The Balaban J connectivity index is 2.39. The number of halogens is 2. The molecule has 1 aromatic carbocycles. The summed E-state index contributed by atoms with van der Waals surface area (Å²) in [5.74, 6) is -4.43. The minimum absolute atomic E-state index is 0.173. The number of ether oxygens (including phenoxy) is 1. The third-order valence-corrected chi connectivity index (χ3v) is 4.09. The Morgan fingerprint density at radius 3 is 2.35 bits per heavy atom. The molecular weight excluding hydrogens is 334 g/mol. The first-order chi connectivity index (χ1) is 10.7. The summed E-state index contributed by atoms with van der Waals surface area (Å²) in [7, 11) is -2.87. The van der Waals surface area contributed by atoms with Crippen LogP contribution in [0.25, 0.3) is 0 Å². The van der Waals surface area contributed by atoms with Crippen LogP contribution in [0.4, 0.5) is 14.5 Å². The molecule has 0 spiro atoms. The molecule has 0 amide bonds. The highest BCUT2D eigenvalue weighted by Gasteiger charge is 2.21. The van der Waals surface area contributed by atoms with Gasteiger partial charge in [-0.2, -0.15) is 0 Å². The molecule has 1 heterocycles. The van der Waals surface area contributed by atoms with E-state index in [2.05, 4.69) is 4.98 Å². The van der Waals surface area contributed by atoms with Gasteiger partial charge < -0.3 is 9.84 Å². The van der Waals surface area contributed by atoms with E-state index in [0.29, 0.717) is 12.1 Å². The van der Waals surface area contributed by atoms with Gasteiger partial charge in [0.25, 0.3) is 10.0 Å². The van der Waals surface area contributed by atoms with Crippen molar-refractivity contribution in [3.8, 4) is 5.75 Å². The number of hydrogen-bond donors (Lipinski definition) is 2. The van der Waals surface area contributed by atoms with Crippen molar-refractivity contribution >= 4 is 21.7 Å². The van der Waals surface area contributed by atoms with Gasteiger partial charge in [0.2, 0.25) is 0 Å². The second-order valence-electron chi connectivity index (χ2n) is 4.29. The van der Waals surface area contributed by atoms with E-state index in [1.165, 1.54) is 13.3 Å². The lowest BCUT2D eigenvalue weighted by atomic mass is 10.2. The van der Waals surface area contributed by atoms with E-state index in [4.69, 9.17) is 9.84 Å². The first-order valence-electron chi connectivity index (χ1n) is 5.99. The average Bonchev–Trinajstić information content (AvgIpc) is 2.45. The number of sulfonamides is 1. The van der Waals surface area contributed by atoms with E-state index < -0.39 is 38.9 Å². The number of nitrogens with zero attached hydrogens (tertiary/aromatic N) is 1. The number of hydrogen-bond acceptors (Lipinski definition) is 5. The Bertz CT molecular complexity index is 847. The third kappa shape index (κ3) is 3.54. The molecule has 0 aliphatic heterocycles. The molecule has 23 heavy (non-hydrogen) atoms. The van der Waals surface area contributed by atoms with Crippen LogP contribution in [0.15, 0.2) is 35.5 Å². The molecule has 2 rings (SSSR count). The predicted molar refractivity (Wildman–Crippen MR) is 74.9 cm³/mol. The van der Waals surface area contributed by atoms with Gasteiger partial charge in [0, 0.05) is 12.3 Å². The summed E-state index contributed by atoms with van der Waals surface area (Å²) < 4.78 is 58.2. The Morgan fingerprint density at radius 2 is 1.83 bits per heavy atom. The lowest BCUT2D eigenvalue weighted by Crippen LogP contribution is -2.15. The zero-order valence-electron chi connectivity index (χ0n) is 11.6. The molecule has 0 fully saturated rings. The summed E-state index contributed by atoms with van der Waals surface area (Å²) in [6.07, 6.45) is 2.29. The Hall–Kier alpha value is -2.75. The number of carbonyl (C=O) groups is 1. The maximum atomic E-state index is 13.6. The minimum atomic E-state index is -4.19. The van der Waals surface area contributed by atoms with Crippen molar-refractivity contribution < 1.29 is 31.8 Å². The first-order valence-corrected chi connectivity index (χ1v) is 7.47. The maximum Gasteiger partial charge on any atom is 0.341 e. The van der Waals surface area contributed by atoms with Crippen molar-refractivity contribution in [1.29, 1.82) is 0 Å². The number of benzene rings is 1. The van der Waals surface area contributed by atoms with Crippen LogP contribution < -0.4 is 9.46 Å². The van der Waals surface area contributed by atoms with Gasteiger partial charge in [-0.3, -0.25) is 9.71 Å². The number of carboxylic acid groups (broad SMARTS) is 1. The van der Waals surface area contributed by atoms with Gasteiger partial charge in [0.1, 0.15) is 27.8 Å². The Kier molecular flexibility index (Phi) is 4.45. The lowest BCUT2D eigenvalue weighted by Gasteiger charge is -2.10. The van der Waals surface area contributed by atoms with Gasteiger partial charge in [-0.25, -0.2) is 22.0 Å². The molecule has 7 nitrogen and oxygen atoms in total. The fourth-order valence-corrected chi connectivity index (χ4v) is 2.72. The summed E-state index contributed by atoms with van der Waals surface area (Å²) in [6.45, 7) is 0. The zero-order valence-corrected chi connectivity index (χ0v) is 12.4. The van der Waals surface area contributed by atoms with Gasteiger partial charge in [-0.15, -0.1) is 0 Å². The number of carboxylic acids is 1. The second kappa shape index (κ2) is 6.16. The van der Waals surface area contributed by atoms with Crippen LogP contribution in [-0.4, -0.2) is 31.6 Å². The normalized spacial score (nSPS) is 11.1. The highest BCUT2D eigenvalue weighted by atomic mass is 32.2. The van der Waals surface area contributed by atoms with Crippen LogP contribution in [0, 0.1) is 11.6 Å². The van der Waals surface area contributed by atoms with Crippen molar-refractivity contribution in [3.63, 3.8) is 0 Å². The molecule has 0 saturated heterocycles. The van der Waals surface area contributed by atoms with E-state index in [9.17, 15) is 22.0 Å². The molecule has 2 N–H and O–H groups in total. The Morgan fingerprint density at radius 1 is 1.22 bits per heavy atom. The molecule has 0 bridgehead atoms. The molecule has 0 aliphatic rings. The molecule has 0 radical (unpaired) electrons. The molecule has 0 unspecified atom stereocenters. The average molecular weight is 344 g/mol. The third-order valence-electron chi connectivity index (χ3n) is 2.74. The summed E-state index contributed by atoms with van der Waals surface area (Å²) in [5.41, 5.74) is -1.64. The maximum absolute atomic E-state index is 13.6. The van der Waals surface area contributed by atoms with Gasteiger partial charge >= 0.3 is 5.97 Å². The van der Waals surface area contributed by atoms with Gasteiger partial charge in [0.05, 0.1) is 19.0 Å². The molecule has 1 aromatic heterocycles. The monoisotopic (exact) mass is 344 g/mol. The topological polar surface area (TPSA) is 106 Å². The van der Waals surface area contributed by atoms with E-state index in [1.807, 2.05) is 4.72 Å². The molecule has 2 aromatic rings. The van der Waals surface area contributed by atoms with E-state index >= 15 is 0 Å². The molecule has 10 heteroatoms. The van der Waals surface area contributed by atoms with Crippen LogP contribution in [0.3, 0.4) is 0 Å². The number of methoxy groups -OCH3 is 1. The zero-order chi connectivity index (χ0) is 17.2. The van der Waals surface area contributed by atoms with Gasteiger partial charge in [0.15, 0.2) is 0 Å². The highest BCUT2D eigenvalue weighted by molar-refractivity contribution is 7.92. The van der Waals surface area contributed by atoms with E-state index in [-0.39, 0.29) is 10.6 Å². The summed E-state index contributed by atoms with van der Waals surface area (Å²) in [5, 5.41) is 8.66. The van der Waals surface area contributed by atoms with Crippen molar-refractivity contribution in [1.82, 2.24) is 4.98 Å². The largest absolute Gasteiger partial charge is 0.495 e. The first kappa shape index (κ1) is 16.6. The van der Waals surface area contributed by atoms with Crippen LogP contribution in [0.2, 0.25) is 0 Å². The summed E-state index contributed by atoms with van der Waals surface area (Å²) in [6, 6.07) is 2.29. The Labute approximate surface area is 129 Å². The number of aromatic carboxylic acids is 1. The fourth-order valence-electron chi connectivity index (χ4n) is 1.71.